The standard InChI is InChI=1S/C21H24N2O2/c1-4-11-19-14-9-10-15-20(19)23(16-18-12-7-6-8-13-18)22-17(3)21(24)25-5-2/h4,6-10,12-15H,1,5,11,16H2,2-3H3/b22-17+. The summed E-state index contributed by atoms with van der Waals surface area (Å²) in [5, 5.41) is 6.39. The Morgan fingerprint density at radius 2 is 1.84 bits per heavy atom. The van der Waals surface area contributed by atoms with Crippen molar-refractivity contribution in [1.29, 1.82) is 0 Å². The van der Waals surface area contributed by atoms with Crippen molar-refractivity contribution in [2.45, 2.75) is 26.8 Å². The molecular weight excluding hydrogens is 312 g/mol. The predicted molar refractivity (Wildman–Crippen MR) is 103 cm³/mol. The maximum Gasteiger partial charge on any atom is 0.354 e. The van der Waals surface area contributed by atoms with E-state index in [1.807, 2.05) is 65.7 Å². The lowest BCUT2D eigenvalue weighted by Gasteiger charge is -2.23. The Balaban J connectivity index is 2.40. The number of ether oxygens (including phenoxy) is 1. The molecule has 0 atom stereocenters. The van der Waals surface area contributed by atoms with E-state index in [1.54, 1.807) is 13.8 Å². The fourth-order valence-corrected chi connectivity index (χ4v) is 2.48. The highest BCUT2D eigenvalue weighted by Crippen LogP contribution is 2.24. The van der Waals surface area contributed by atoms with Gasteiger partial charge in [0.25, 0.3) is 0 Å². The lowest BCUT2D eigenvalue weighted by atomic mass is 10.1. The molecule has 0 spiro atoms. The number of hydrogen-bond donors (Lipinski definition) is 0. The molecule has 0 aliphatic heterocycles. The van der Waals surface area contributed by atoms with Gasteiger partial charge < -0.3 is 4.74 Å². The van der Waals surface area contributed by atoms with Gasteiger partial charge in [0, 0.05) is 0 Å². The third kappa shape index (κ3) is 5.31. The Labute approximate surface area is 149 Å². The van der Waals surface area contributed by atoms with E-state index in [9.17, 15) is 4.79 Å². The molecule has 2 rings (SSSR count). The molecule has 0 amide bonds. The van der Waals surface area contributed by atoms with Crippen LogP contribution in [0.15, 0.2) is 72.4 Å². The fraction of sp³-hybridized carbons (Fsp3) is 0.238. The first-order valence-electron chi connectivity index (χ1n) is 8.38. The van der Waals surface area contributed by atoms with Crippen LogP contribution in [0.2, 0.25) is 0 Å². The van der Waals surface area contributed by atoms with E-state index < -0.39 is 5.97 Å². The fourth-order valence-electron chi connectivity index (χ4n) is 2.48. The number of rotatable bonds is 8. The second kappa shape index (κ2) is 9.42. The van der Waals surface area contributed by atoms with Gasteiger partial charge in [-0.2, -0.15) is 5.10 Å². The minimum absolute atomic E-state index is 0.325. The number of hydrogen-bond acceptors (Lipinski definition) is 4. The van der Waals surface area contributed by atoms with Crippen LogP contribution in [-0.2, 0) is 22.5 Å². The number of carbonyl (C=O) groups is 1. The van der Waals surface area contributed by atoms with Crippen LogP contribution in [0.4, 0.5) is 5.69 Å². The Bertz CT molecular complexity index is 739. The molecule has 2 aromatic rings. The lowest BCUT2D eigenvalue weighted by molar-refractivity contribution is -0.135. The van der Waals surface area contributed by atoms with Crippen molar-refractivity contribution in [3.63, 3.8) is 0 Å². The van der Waals surface area contributed by atoms with Gasteiger partial charge in [-0.15, -0.1) is 6.58 Å². The molecule has 25 heavy (non-hydrogen) atoms. The zero-order chi connectivity index (χ0) is 18.1. The number of hydrazone groups is 1. The number of allylic oxidation sites excluding steroid dienone is 1. The van der Waals surface area contributed by atoms with Crippen LogP contribution in [0.25, 0.3) is 0 Å². The smallest absolute Gasteiger partial charge is 0.354 e. The van der Waals surface area contributed by atoms with Crippen molar-refractivity contribution in [1.82, 2.24) is 0 Å². The summed E-state index contributed by atoms with van der Waals surface area (Å²) in [5.41, 5.74) is 3.49. The topological polar surface area (TPSA) is 41.9 Å². The van der Waals surface area contributed by atoms with E-state index in [1.165, 1.54) is 0 Å². The number of benzene rings is 2. The molecule has 0 heterocycles. The van der Waals surface area contributed by atoms with Gasteiger partial charge in [-0.3, -0.25) is 5.01 Å². The second-order valence-electron chi connectivity index (χ2n) is 5.57. The van der Waals surface area contributed by atoms with Crippen LogP contribution in [-0.4, -0.2) is 18.3 Å². The van der Waals surface area contributed by atoms with Crippen LogP contribution in [0.3, 0.4) is 0 Å². The Morgan fingerprint density at radius 3 is 2.52 bits per heavy atom. The quantitative estimate of drug-likeness (QED) is 0.311. The summed E-state index contributed by atoms with van der Waals surface area (Å²) < 4.78 is 5.06. The molecule has 0 saturated carbocycles. The summed E-state index contributed by atoms with van der Waals surface area (Å²) in [7, 11) is 0. The average Bonchev–Trinajstić information content (AvgIpc) is 2.63. The summed E-state index contributed by atoms with van der Waals surface area (Å²) in [6.07, 6.45) is 2.59. The van der Waals surface area contributed by atoms with Crippen LogP contribution in [0.1, 0.15) is 25.0 Å². The maximum absolute atomic E-state index is 12.0. The van der Waals surface area contributed by atoms with E-state index >= 15 is 0 Å². The molecule has 0 bridgehead atoms. The van der Waals surface area contributed by atoms with E-state index in [-0.39, 0.29) is 0 Å². The minimum Gasteiger partial charge on any atom is -0.461 e. The zero-order valence-electron chi connectivity index (χ0n) is 14.8. The normalized spacial score (nSPS) is 11.0. The van der Waals surface area contributed by atoms with Crippen molar-refractivity contribution in [3.05, 3.63) is 78.4 Å². The van der Waals surface area contributed by atoms with Gasteiger partial charge in [-0.1, -0.05) is 54.6 Å². The van der Waals surface area contributed by atoms with E-state index in [4.69, 9.17) is 4.74 Å². The van der Waals surface area contributed by atoms with Gasteiger partial charge in [0.05, 0.1) is 18.8 Å². The van der Waals surface area contributed by atoms with Gasteiger partial charge in [-0.05, 0) is 37.5 Å². The van der Waals surface area contributed by atoms with Crippen molar-refractivity contribution in [2.24, 2.45) is 5.10 Å². The van der Waals surface area contributed by atoms with Crippen LogP contribution in [0.5, 0.6) is 0 Å². The average molecular weight is 336 g/mol. The molecule has 0 saturated heterocycles. The van der Waals surface area contributed by atoms with Gasteiger partial charge in [0.1, 0.15) is 5.71 Å². The Morgan fingerprint density at radius 1 is 1.16 bits per heavy atom. The highest BCUT2D eigenvalue weighted by atomic mass is 16.5. The van der Waals surface area contributed by atoms with Gasteiger partial charge in [-0.25, -0.2) is 4.79 Å². The number of esters is 1. The number of anilines is 1. The first-order chi connectivity index (χ1) is 12.2. The van der Waals surface area contributed by atoms with Gasteiger partial charge in [0.2, 0.25) is 0 Å². The first kappa shape index (κ1) is 18.5. The number of nitrogens with zero attached hydrogens (tertiary/aromatic N) is 2. The summed E-state index contributed by atoms with van der Waals surface area (Å²) in [6.45, 7) is 8.17. The molecule has 0 aliphatic carbocycles. The van der Waals surface area contributed by atoms with Crippen molar-refractivity contribution >= 4 is 17.4 Å². The van der Waals surface area contributed by atoms with Gasteiger partial charge >= 0.3 is 5.97 Å². The molecule has 0 fully saturated rings. The largest absolute Gasteiger partial charge is 0.461 e. The first-order valence-corrected chi connectivity index (χ1v) is 8.38. The summed E-state index contributed by atoms with van der Waals surface area (Å²) in [5.74, 6) is -0.401. The van der Waals surface area contributed by atoms with E-state index in [0.717, 1.165) is 23.2 Å². The lowest BCUT2D eigenvalue weighted by Crippen LogP contribution is -2.23. The molecule has 2 aromatic carbocycles. The third-order valence-corrected chi connectivity index (χ3v) is 3.65. The Kier molecular flexibility index (Phi) is 6.96. The van der Waals surface area contributed by atoms with Crippen molar-refractivity contribution in [3.8, 4) is 0 Å². The van der Waals surface area contributed by atoms with Crippen molar-refractivity contribution < 1.29 is 9.53 Å². The van der Waals surface area contributed by atoms with Crippen LogP contribution < -0.4 is 5.01 Å². The predicted octanol–water partition coefficient (Wildman–Crippen LogP) is 4.36. The third-order valence-electron chi connectivity index (χ3n) is 3.65. The minimum atomic E-state index is -0.401. The summed E-state index contributed by atoms with van der Waals surface area (Å²) in [4.78, 5) is 12.0. The molecule has 4 nitrogen and oxygen atoms in total. The zero-order valence-corrected chi connectivity index (χ0v) is 14.8. The van der Waals surface area contributed by atoms with Crippen molar-refractivity contribution in [2.75, 3.05) is 11.6 Å². The molecule has 130 valence electrons. The molecule has 4 heteroatoms. The van der Waals surface area contributed by atoms with E-state index in [0.29, 0.717) is 18.9 Å². The van der Waals surface area contributed by atoms with Crippen LogP contribution >= 0.6 is 0 Å². The second-order valence-corrected chi connectivity index (χ2v) is 5.57. The number of para-hydroxylation sites is 1. The molecule has 0 N–H and O–H groups in total. The highest BCUT2D eigenvalue weighted by Gasteiger charge is 2.14. The van der Waals surface area contributed by atoms with Gasteiger partial charge in [0.15, 0.2) is 0 Å². The van der Waals surface area contributed by atoms with Crippen LogP contribution in [0, 0.1) is 0 Å². The molecule has 0 radical (unpaired) electrons. The maximum atomic E-state index is 12.0. The summed E-state index contributed by atoms with van der Waals surface area (Å²) in [6, 6.07) is 18.0. The molecule has 0 unspecified atom stereocenters. The monoisotopic (exact) mass is 336 g/mol. The Hall–Kier alpha value is -2.88. The molecular formula is C21H24N2O2. The molecule has 0 aromatic heterocycles. The molecule has 0 aliphatic rings. The number of carbonyl (C=O) groups excluding carboxylic acids is 1. The summed E-state index contributed by atoms with van der Waals surface area (Å²) >= 11 is 0. The SMILES string of the molecule is C=CCc1ccccc1N(Cc1ccccc1)/N=C(\C)C(=O)OCC. The highest BCUT2D eigenvalue weighted by molar-refractivity contribution is 6.35. The van der Waals surface area contributed by atoms with E-state index in [2.05, 4.69) is 11.7 Å².